The van der Waals surface area contributed by atoms with Gasteiger partial charge in [0.2, 0.25) is 5.91 Å². The lowest BCUT2D eigenvalue weighted by molar-refractivity contribution is -0.135. The Kier molecular flexibility index (Phi) is 4.31. The summed E-state index contributed by atoms with van der Waals surface area (Å²) >= 11 is 6.08. The van der Waals surface area contributed by atoms with Crippen molar-refractivity contribution in [1.29, 1.82) is 0 Å². The number of carbonyl (C=O) groups excluding carboxylic acids is 1. The fraction of sp³-hybridized carbons (Fsp3) is 0.474. The van der Waals surface area contributed by atoms with Crippen molar-refractivity contribution in [3.63, 3.8) is 0 Å². The van der Waals surface area contributed by atoms with Crippen LogP contribution in [0.1, 0.15) is 25.7 Å². The van der Waals surface area contributed by atoms with Crippen LogP contribution in [0.5, 0.6) is 0 Å². The van der Waals surface area contributed by atoms with Crippen LogP contribution >= 0.6 is 11.6 Å². The van der Waals surface area contributed by atoms with E-state index in [9.17, 15) is 4.79 Å². The maximum absolute atomic E-state index is 12.6. The zero-order valence-corrected chi connectivity index (χ0v) is 14.5. The summed E-state index contributed by atoms with van der Waals surface area (Å²) in [5.74, 6) is 0.652. The summed E-state index contributed by atoms with van der Waals surface area (Å²) in [6.45, 7) is 3.37. The van der Waals surface area contributed by atoms with Gasteiger partial charge in [0.1, 0.15) is 0 Å². The number of pyridine rings is 1. The lowest BCUT2D eigenvalue weighted by Gasteiger charge is -2.37. The quantitative estimate of drug-likeness (QED) is 0.833. The molecule has 1 saturated heterocycles. The number of nitrogens with zero attached hydrogens (tertiary/aromatic N) is 3. The summed E-state index contributed by atoms with van der Waals surface area (Å²) in [6.07, 6.45) is 6.41. The van der Waals surface area contributed by atoms with Crippen LogP contribution in [0.4, 0.5) is 5.69 Å². The first-order valence-electron chi connectivity index (χ1n) is 8.80. The van der Waals surface area contributed by atoms with Gasteiger partial charge in [-0.25, -0.2) is 0 Å². The van der Waals surface area contributed by atoms with E-state index in [0.29, 0.717) is 10.9 Å². The molecule has 2 aliphatic rings. The van der Waals surface area contributed by atoms with Crippen LogP contribution in [-0.2, 0) is 4.79 Å². The smallest absolute Gasteiger partial charge is 0.225 e. The average Bonchev–Trinajstić information content (AvgIpc) is 3.15. The van der Waals surface area contributed by atoms with Crippen molar-refractivity contribution in [2.45, 2.75) is 25.7 Å². The summed E-state index contributed by atoms with van der Waals surface area (Å²) in [7, 11) is 0. The second-order valence-corrected chi connectivity index (χ2v) is 7.22. The van der Waals surface area contributed by atoms with Gasteiger partial charge in [-0.05, 0) is 37.1 Å². The van der Waals surface area contributed by atoms with Crippen LogP contribution in [0.15, 0.2) is 30.5 Å². The van der Waals surface area contributed by atoms with Crippen molar-refractivity contribution in [1.82, 2.24) is 9.88 Å². The normalized spacial score (nSPS) is 19.2. The van der Waals surface area contributed by atoms with Crippen molar-refractivity contribution in [3.05, 3.63) is 35.5 Å². The fourth-order valence-electron chi connectivity index (χ4n) is 3.98. The third-order valence-corrected chi connectivity index (χ3v) is 5.55. The number of benzene rings is 1. The molecule has 5 heteroatoms. The van der Waals surface area contributed by atoms with Gasteiger partial charge in [0.15, 0.2) is 0 Å². The molecule has 1 saturated carbocycles. The van der Waals surface area contributed by atoms with E-state index in [2.05, 4.69) is 20.9 Å². The average molecular weight is 344 g/mol. The van der Waals surface area contributed by atoms with Crippen LogP contribution in [0.3, 0.4) is 0 Å². The van der Waals surface area contributed by atoms with Crippen molar-refractivity contribution >= 4 is 34.1 Å². The molecule has 0 atom stereocenters. The van der Waals surface area contributed by atoms with E-state index in [1.807, 2.05) is 24.4 Å². The van der Waals surface area contributed by atoms with Crippen molar-refractivity contribution in [3.8, 4) is 0 Å². The van der Waals surface area contributed by atoms with E-state index >= 15 is 0 Å². The van der Waals surface area contributed by atoms with Crippen molar-refractivity contribution < 1.29 is 4.79 Å². The summed E-state index contributed by atoms with van der Waals surface area (Å²) in [4.78, 5) is 21.4. The minimum absolute atomic E-state index is 0.278. The predicted octanol–water partition coefficient (Wildman–Crippen LogP) is 3.73. The molecule has 2 aromatic rings. The highest BCUT2D eigenvalue weighted by atomic mass is 35.5. The number of piperazine rings is 1. The van der Waals surface area contributed by atoms with Gasteiger partial charge in [0.05, 0.1) is 5.52 Å². The summed E-state index contributed by atoms with van der Waals surface area (Å²) in [6, 6.07) is 7.91. The summed E-state index contributed by atoms with van der Waals surface area (Å²) in [5.41, 5.74) is 2.11. The Morgan fingerprint density at radius 2 is 1.83 bits per heavy atom. The predicted molar refractivity (Wildman–Crippen MR) is 97.5 cm³/mol. The maximum Gasteiger partial charge on any atom is 0.225 e. The monoisotopic (exact) mass is 343 g/mol. The van der Waals surface area contributed by atoms with Gasteiger partial charge in [-0.15, -0.1) is 0 Å². The first-order chi connectivity index (χ1) is 11.7. The van der Waals surface area contributed by atoms with Gasteiger partial charge in [-0.1, -0.05) is 24.4 Å². The van der Waals surface area contributed by atoms with Crippen LogP contribution in [0.25, 0.3) is 10.9 Å². The Hall–Kier alpha value is -1.81. The molecular weight excluding hydrogens is 322 g/mol. The van der Waals surface area contributed by atoms with Crippen LogP contribution in [0.2, 0.25) is 5.02 Å². The highest BCUT2D eigenvalue weighted by molar-refractivity contribution is 6.31. The zero-order valence-electron chi connectivity index (χ0n) is 13.7. The highest BCUT2D eigenvalue weighted by Crippen LogP contribution is 2.30. The third kappa shape index (κ3) is 2.95. The van der Waals surface area contributed by atoms with E-state index in [1.54, 1.807) is 0 Å². The maximum atomic E-state index is 12.6. The molecule has 1 aromatic carbocycles. The molecule has 0 N–H and O–H groups in total. The number of anilines is 1. The Morgan fingerprint density at radius 3 is 2.58 bits per heavy atom. The standard InChI is InChI=1S/C19H22ClN3O/c20-15-5-6-16-17(13-15)21-8-7-18(16)22-9-11-23(12-10-22)19(24)14-3-1-2-4-14/h5-8,13-14H,1-4,9-12H2. The minimum Gasteiger partial charge on any atom is -0.367 e. The van der Waals surface area contributed by atoms with Gasteiger partial charge in [-0.2, -0.15) is 0 Å². The highest BCUT2D eigenvalue weighted by Gasteiger charge is 2.29. The Labute approximate surface area is 147 Å². The number of rotatable bonds is 2. The third-order valence-electron chi connectivity index (χ3n) is 5.32. The van der Waals surface area contributed by atoms with Gasteiger partial charge < -0.3 is 9.80 Å². The number of aromatic nitrogens is 1. The molecule has 2 heterocycles. The number of halogens is 1. The molecule has 2 fully saturated rings. The van der Waals surface area contributed by atoms with E-state index in [0.717, 1.165) is 49.9 Å². The molecule has 24 heavy (non-hydrogen) atoms. The molecule has 1 aliphatic heterocycles. The Morgan fingerprint density at radius 1 is 1.08 bits per heavy atom. The van der Waals surface area contributed by atoms with Gasteiger partial charge in [-0.3, -0.25) is 9.78 Å². The molecule has 0 bridgehead atoms. The molecule has 0 unspecified atom stereocenters. The molecule has 4 rings (SSSR count). The molecule has 0 radical (unpaired) electrons. The molecular formula is C19H22ClN3O. The molecule has 4 nitrogen and oxygen atoms in total. The molecule has 1 amide bonds. The number of hydrogen-bond donors (Lipinski definition) is 0. The first-order valence-corrected chi connectivity index (χ1v) is 9.18. The Balaban J connectivity index is 1.49. The van der Waals surface area contributed by atoms with E-state index < -0.39 is 0 Å². The summed E-state index contributed by atoms with van der Waals surface area (Å²) < 4.78 is 0. The largest absolute Gasteiger partial charge is 0.367 e. The van der Waals surface area contributed by atoms with Crippen molar-refractivity contribution in [2.75, 3.05) is 31.1 Å². The van der Waals surface area contributed by atoms with E-state index in [4.69, 9.17) is 11.6 Å². The second-order valence-electron chi connectivity index (χ2n) is 6.79. The van der Waals surface area contributed by atoms with Gasteiger partial charge in [0, 0.05) is 54.4 Å². The number of hydrogen-bond acceptors (Lipinski definition) is 3. The van der Waals surface area contributed by atoms with Crippen LogP contribution in [0, 0.1) is 5.92 Å². The van der Waals surface area contributed by atoms with Crippen LogP contribution in [-0.4, -0.2) is 42.0 Å². The minimum atomic E-state index is 0.278. The van der Waals surface area contributed by atoms with E-state index in [-0.39, 0.29) is 5.92 Å². The van der Waals surface area contributed by atoms with Crippen molar-refractivity contribution in [2.24, 2.45) is 5.92 Å². The molecule has 1 aromatic heterocycles. The molecule has 1 aliphatic carbocycles. The molecule has 0 spiro atoms. The number of amides is 1. The number of carbonyl (C=O) groups is 1. The number of fused-ring (bicyclic) bond motifs is 1. The van der Waals surface area contributed by atoms with Gasteiger partial charge in [0.25, 0.3) is 0 Å². The topological polar surface area (TPSA) is 36.4 Å². The lowest BCUT2D eigenvalue weighted by Crippen LogP contribution is -2.50. The van der Waals surface area contributed by atoms with E-state index in [1.165, 1.54) is 18.5 Å². The SMILES string of the molecule is O=C(C1CCCC1)N1CCN(c2ccnc3cc(Cl)ccc23)CC1. The first kappa shape index (κ1) is 15.7. The second kappa shape index (κ2) is 6.60. The zero-order chi connectivity index (χ0) is 16.5. The van der Waals surface area contributed by atoms with Crippen LogP contribution < -0.4 is 4.90 Å². The molecule has 126 valence electrons. The lowest BCUT2D eigenvalue weighted by atomic mass is 10.1. The Bertz CT molecular complexity index is 749. The van der Waals surface area contributed by atoms with Gasteiger partial charge >= 0.3 is 0 Å². The fourth-order valence-corrected chi connectivity index (χ4v) is 4.15. The summed E-state index contributed by atoms with van der Waals surface area (Å²) in [5, 5.41) is 1.83.